The molecule has 0 aliphatic carbocycles. The molecule has 4 nitrogen and oxygen atoms in total. The largest absolute Gasteiger partial charge is 0.215 e. The molecular formula is C8H10ClN4+. The number of benzene rings is 1. The number of nitrogens with one attached hydrogen (secondary N) is 1. The highest BCUT2D eigenvalue weighted by molar-refractivity contribution is 6.17. The fraction of sp³-hybridized carbons (Fsp3) is 0.125. The van der Waals surface area contributed by atoms with E-state index >= 15 is 0 Å². The minimum atomic E-state index is 0.550. The topological polar surface area (TPSA) is 44.2 Å². The van der Waals surface area contributed by atoms with Crippen LogP contribution < -0.4 is 16.1 Å². The van der Waals surface area contributed by atoms with Crippen molar-refractivity contribution in [1.82, 2.24) is 5.53 Å². The van der Waals surface area contributed by atoms with Crippen LogP contribution in [0, 0.1) is 0 Å². The van der Waals surface area contributed by atoms with Gasteiger partial charge in [-0.1, -0.05) is 17.2 Å². The number of halogens is 1. The first-order valence-electron chi connectivity index (χ1n) is 3.95. The summed E-state index contributed by atoms with van der Waals surface area (Å²) in [6, 6.07) is 7.98. The van der Waals surface area contributed by atoms with E-state index in [-0.39, 0.29) is 0 Å². The number of rotatable bonds is 2. The Morgan fingerprint density at radius 1 is 1.38 bits per heavy atom. The average Bonchev–Trinajstić information content (AvgIpc) is 2.71. The quantitative estimate of drug-likeness (QED) is 0.525. The maximum Gasteiger partial charge on any atom is 0.172 e. The third-order valence-corrected chi connectivity index (χ3v) is 2.13. The van der Waals surface area contributed by atoms with Gasteiger partial charge < -0.3 is 0 Å². The highest BCUT2D eigenvalue weighted by atomic mass is 35.5. The van der Waals surface area contributed by atoms with Gasteiger partial charge in [0.15, 0.2) is 6.34 Å². The van der Waals surface area contributed by atoms with Crippen molar-refractivity contribution in [3.05, 3.63) is 29.8 Å². The maximum atomic E-state index is 5.68. The van der Waals surface area contributed by atoms with E-state index in [4.69, 9.17) is 11.6 Å². The van der Waals surface area contributed by atoms with E-state index in [0.29, 0.717) is 5.88 Å². The Kier molecular flexibility index (Phi) is 2.44. The van der Waals surface area contributed by atoms with E-state index in [1.807, 2.05) is 29.3 Å². The Balaban J connectivity index is 2.17. The molecule has 0 atom stereocenters. The molecule has 1 aliphatic heterocycles. The molecule has 0 fully saturated rings. The van der Waals surface area contributed by atoms with Gasteiger partial charge in [0.2, 0.25) is 0 Å². The first-order chi connectivity index (χ1) is 6.40. The standard InChI is InChI=1S/C8H9ClN4/c9-5-7-1-3-8(4-2-7)13-6-10-11-12-13/h1-4,6,11-12H,5H2/p+1. The number of alkyl halides is 1. The van der Waals surface area contributed by atoms with Crippen LogP contribution in [0.2, 0.25) is 0 Å². The van der Waals surface area contributed by atoms with Crippen molar-refractivity contribution in [3.8, 4) is 0 Å². The van der Waals surface area contributed by atoms with Gasteiger partial charge in [0, 0.05) is 5.88 Å². The van der Waals surface area contributed by atoms with Crippen molar-refractivity contribution in [1.29, 1.82) is 0 Å². The van der Waals surface area contributed by atoms with Crippen LogP contribution in [0.5, 0.6) is 0 Å². The summed E-state index contributed by atoms with van der Waals surface area (Å²) in [6.07, 6.45) is 1.72. The molecule has 5 heteroatoms. The Bertz CT molecular complexity index is 308. The van der Waals surface area contributed by atoms with Gasteiger partial charge in [-0.2, -0.15) is 0 Å². The van der Waals surface area contributed by atoms with E-state index in [2.05, 4.69) is 10.6 Å². The molecule has 0 amide bonds. The zero-order valence-corrected chi connectivity index (χ0v) is 7.70. The van der Waals surface area contributed by atoms with Gasteiger partial charge >= 0.3 is 0 Å². The summed E-state index contributed by atoms with van der Waals surface area (Å²) >= 11 is 5.68. The molecule has 2 rings (SSSR count). The molecule has 0 aromatic heterocycles. The van der Waals surface area contributed by atoms with Gasteiger partial charge in [-0.3, -0.25) is 0 Å². The Labute approximate surface area is 81.1 Å². The van der Waals surface area contributed by atoms with Crippen molar-refractivity contribution in [3.63, 3.8) is 0 Å². The van der Waals surface area contributed by atoms with Crippen LogP contribution in [-0.4, -0.2) is 6.34 Å². The van der Waals surface area contributed by atoms with Gasteiger partial charge in [-0.05, 0) is 23.2 Å². The molecule has 1 aromatic rings. The second-order valence-corrected chi connectivity index (χ2v) is 2.96. The first kappa shape index (κ1) is 8.50. The van der Waals surface area contributed by atoms with E-state index in [0.717, 1.165) is 11.3 Å². The molecule has 1 heterocycles. The second kappa shape index (κ2) is 3.74. The average molecular weight is 198 g/mol. The fourth-order valence-electron chi connectivity index (χ4n) is 1.12. The molecule has 0 saturated heterocycles. The Morgan fingerprint density at radius 3 is 2.69 bits per heavy atom. The van der Waals surface area contributed by atoms with Crippen LogP contribution in [0.1, 0.15) is 5.56 Å². The number of anilines is 1. The lowest BCUT2D eigenvalue weighted by Gasteiger charge is -2.10. The summed E-state index contributed by atoms with van der Waals surface area (Å²) in [4.78, 5) is 0. The Hall–Kier alpha value is -1.10. The third-order valence-electron chi connectivity index (χ3n) is 1.82. The van der Waals surface area contributed by atoms with E-state index in [9.17, 15) is 0 Å². The Morgan fingerprint density at radius 2 is 2.15 bits per heavy atom. The van der Waals surface area contributed by atoms with Crippen LogP contribution in [-0.2, 0) is 5.88 Å². The lowest BCUT2D eigenvalue weighted by molar-refractivity contribution is -0.708. The van der Waals surface area contributed by atoms with Crippen LogP contribution in [0.15, 0.2) is 29.4 Å². The molecular weight excluding hydrogens is 188 g/mol. The molecule has 13 heavy (non-hydrogen) atoms. The second-order valence-electron chi connectivity index (χ2n) is 2.69. The van der Waals surface area contributed by atoms with E-state index in [1.165, 1.54) is 0 Å². The molecule has 0 spiro atoms. The predicted octanol–water partition coefficient (Wildman–Crippen LogP) is 0.172. The van der Waals surface area contributed by atoms with E-state index in [1.54, 1.807) is 11.9 Å². The van der Waals surface area contributed by atoms with Gasteiger partial charge in [0.05, 0.1) is 5.69 Å². The maximum absolute atomic E-state index is 5.68. The monoisotopic (exact) mass is 197 g/mol. The summed E-state index contributed by atoms with van der Waals surface area (Å²) in [5.41, 5.74) is 6.76. The van der Waals surface area contributed by atoms with Gasteiger partial charge in [0.1, 0.15) is 0 Å². The van der Waals surface area contributed by atoms with Crippen molar-refractivity contribution in [2.45, 2.75) is 5.88 Å². The van der Waals surface area contributed by atoms with Crippen molar-refractivity contribution >= 4 is 23.6 Å². The smallest absolute Gasteiger partial charge is 0.172 e. The summed E-state index contributed by atoms with van der Waals surface area (Å²) in [5, 5.41) is 5.75. The first-order valence-corrected chi connectivity index (χ1v) is 4.49. The summed E-state index contributed by atoms with van der Waals surface area (Å²) in [5.74, 6) is 0.550. The number of hydrogen-bond acceptors (Lipinski definition) is 3. The summed E-state index contributed by atoms with van der Waals surface area (Å²) < 4.78 is 0. The molecule has 1 aliphatic rings. The molecule has 1 aromatic carbocycles. The van der Waals surface area contributed by atoms with Crippen LogP contribution in [0.4, 0.5) is 5.69 Å². The van der Waals surface area contributed by atoms with Gasteiger partial charge in [-0.25, -0.2) is 5.01 Å². The zero-order chi connectivity index (χ0) is 9.10. The highest BCUT2D eigenvalue weighted by Gasteiger charge is 2.09. The molecule has 0 radical (unpaired) electrons. The third kappa shape index (κ3) is 1.80. The SMILES string of the molecule is ClCc1ccc(N2C=N[NH2+]N2)cc1. The van der Waals surface area contributed by atoms with Crippen LogP contribution in [0.3, 0.4) is 0 Å². The van der Waals surface area contributed by atoms with Crippen LogP contribution in [0.25, 0.3) is 0 Å². The summed E-state index contributed by atoms with van der Waals surface area (Å²) in [7, 11) is 0. The lowest BCUT2D eigenvalue weighted by Crippen LogP contribution is -2.87. The van der Waals surface area contributed by atoms with E-state index < -0.39 is 0 Å². The molecule has 0 saturated carbocycles. The number of nitrogens with zero attached hydrogens (tertiary/aromatic N) is 2. The zero-order valence-electron chi connectivity index (χ0n) is 6.94. The fourth-order valence-corrected chi connectivity index (χ4v) is 1.29. The normalized spacial score (nSPS) is 15.3. The lowest BCUT2D eigenvalue weighted by atomic mass is 10.2. The predicted molar refractivity (Wildman–Crippen MR) is 52.0 cm³/mol. The number of hydrazine groups is 1. The van der Waals surface area contributed by atoms with Crippen molar-refractivity contribution < 1.29 is 5.53 Å². The molecule has 0 bridgehead atoms. The summed E-state index contributed by atoms with van der Waals surface area (Å²) in [6.45, 7) is 0. The molecule has 0 unspecified atom stereocenters. The van der Waals surface area contributed by atoms with Crippen LogP contribution >= 0.6 is 11.6 Å². The minimum absolute atomic E-state index is 0.550. The number of nitrogens with two attached hydrogens (primary N) is 1. The number of quaternary nitrogens is 1. The highest BCUT2D eigenvalue weighted by Crippen LogP contribution is 2.13. The van der Waals surface area contributed by atoms with Gasteiger partial charge in [-0.15, -0.1) is 17.1 Å². The van der Waals surface area contributed by atoms with Gasteiger partial charge in [0.25, 0.3) is 0 Å². The molecule has 3 N–H and O–H groups in total. The minimum Gasteiger partial charge on any atom is -0.215 e. The number of hydrogen-bond donors (Lipinski definition) is 2. The molecule has 68 valence electrons. The van der Waals surface area contributed by atoms with Crippen molar-refractivity contribution in [2.24, 2.45) is 5.10 Å². The van der Waals surface area contributed by atoms with Crippen molar-refractivity contribution in [2.75, 3.05) is 5.01 Å².